The Balaban J connectivity index is 1.55. The molecule has 32 heavy (non-hydrogen) atoms. The van der Waals surface area contributed by atoms with Crippen LogP contribution in [0, 0.1) is 6.92 Å². The lowest BCUT2D eigenvalue weighted by atomic mass is 9.87. The number of thioether (sulfide) groups is 1. The van der Waals surface area contributed by atoms with E-state index in [1.807, 2.05) is 16.7 Å². The van der Waals surface area contributed by atoms with Crippen molar-refractivity contribution in [3.8, 4) is 11.4 Å². The standard InChI is InChI=1S/C23H25N5O3S/c1-15-12-20(31-27-15)24-19(29)14-32-22-26-25-21(28(22)13-18-6-5-11-30-18)16-7-9-17(10-8-16)23(2,3)4/h5-12H,13-14H2,1-4H3,(H,24,29). The van der Waals surface area contributed by atoms with Crippen LogP contribution in [-0.4, -0.2) is 31.6 Å². The number of carbonyl (C=O) groups is 1. The molecule has 0 saturated carbocycles. The molecule has 4 rings (SSSR count). The molecule has 166 valence electrons. The van der Waals surface area contributed by atoms with Gasteiger partial charge in [0.15, 0.2) is 11.0 Å². The van der Waals surface area contributed by atoms with Gasteiger partial charge in [0.2, 0.25) is 11.8 Å². The van der Waals surface area contributed by atoms with Crippen molar-refractivity contribution in [2.45, 2.75) is 44.8 Å². The average Bonchev–Trinajstić information content (AvgIpc) is 3.49. The van der Waals surface area contributed by atoms with E-state index in [1.165, 1.54) is 17.3 Å². The van der Waals surface area contributed by atoms with Gasteiger partial charge in [-0.3, -0.25) is 14.7 Å². The van der Waals surface area contributed by atoms with Gasteiger partial charge in [-0.15, -0.1) is 10.2 Å². The molecule has 4 aromatic rings. The largest absolute Gasteiger partial charge is 0.467 e. The molecule has 9 heteroatoms. The van der Waals surface area contributed by atoms with E-state index in [4.69, 9.17) is 8.94 Å². The van der Waals surface area contributed by atoms with Crippen LogP contribution in [0.25, 0.3) is 11.4 Å². The second-order valence-corrected chi connectivity index (χ2v) is 9.41. The van der Waals surface area contributed by atoms with E-state index in [1.54, 1.807) is 19.3 Å². The zero-order chi connectivity index (χ0) is 22.7. The molecule has 8 nitrogen and oxygen atoms in total. The molecule has 1 amide bonds. The molecule has 0 radical (unpaired) electrons. The number of furan rings is 1. The minimum absolute atomic E-state index is 0.0663. The molecule has 1 N–H and O–H groups in total. The molecule has 0 aliphatic rings. The number of nitrogens with one attached hydrogen (secondary N) is 1. The molecular formula is C23H25N5O3S. The third kappa shape index (κ3) is 5.11. The highest BCUT2D eigenvalue weighted by Crippen LogP contribution is 2.28. The van der Waals surface area contributed by atoms with Crippen LogP contribution in [-0.2, 0) is 16.8 Å². The number of anilines is 1. The molecule has 0 spiro atoms. The Bertz CT molecular complexity index is 1190. The molecule has 0 aliphatic heterocycles. The fourth-order valence-corrected chi connectivity index (χ4v) is 3.89. The number of amides is 1. The van der Waals surface area contributed by atoms with Crippen molar-refractivity contribution < 1.29 is 13.7 Å². The number of nitrogens with zero attached hydrogens (tertiary/aromatic N) is 4. The van der Waals surface area contributed by atoms with Crippen LogP contribution in [0.5, 0.6) is 0 Å². The molecule has 0 bridgehead atoms. The van der Waals surface area contributed by atoms with E-state index in [9.17, 15) is 4.79 Å². The molecule has 0 atom stereocenters. The molecule has 0 fully saturated rings. The lowest BCUT2D eigenvalue weighted by molar-refractivity contribution is -0.113. The van der Waals surface area contributed by atoms with Gasteiger partial charge in [-0.2, -0.15) is 0 Å². The Hall–Kier alpha value is -3.33. The van der Waals surface area contributed by atoms with E-state index in [-0.39, 0.29) is 17.1 Å². The lowest BCUT2D eigenvalue weighted by Gasteiger charge is -2.19. The summed E-state index contributed by atoms with van der Waals surface area (Å²) in [6, 6.07) is 13.7. The minimum Gasteiger partial charge on any atom is -0.467 e. The molecule has 0 aliphatic carbocycles. The van der Waals surface area contributed by atoms with Gasteiger partial charge >= 0.3 is 0 Å². The summed E-state index contributed by atoms with van der Waals surface area (Å²) in [6.07, 6.45) is 1.64. The Morgan fingerprint density at radius 3 is 2.56 bits per heavy atom. The molecule has 0 saturated heterocycles. The summed E-state index contributed by atoms with van der Waals surface area (Å²) in [5.41, 5.74) is 2.96. The van der Waals surface area contributed by atoms with Crippen LogP contribution in [0.2, 0.25) is 0 Å². The number of rotatable bonds is 7. The van der Waals surface area contributed by atoms with Gasteiger partial charge in [-0.1, -0.05) is 62.0 Å². The van der Waals surface area contributed by atoms with E-state index in [0.29, 0.717) is 23.3 Å². The maximum absolute atomic E-state index is 12.3. The summed E-state index contributed by atoms with van der Waals surface area (Å²) in [5.74, 6) is 1.76. The summed E-state index contributed by atoms with van der Waals surface area (Å²) in [7, 11) is 0. The van der Waals surface area contributed by atoms with E-state index >= 15 is 0 Å². The van der Waals surface area contributed by atoms with Crippen molar-refractivity contribution in [3.63, 3.8) is 0 Å². The third-order valence-electron chi connectivity index (χ3n) is 4.84. The highest BCUT2D eigenvalue weighted by molar-refractivity contribution is 7.99. The van der Waals surface area contributed by atoms with Crippen molar-refractivity contribution in [1.29, 1.82) is 0 Å². The number of carbonyl (C=O) groups excluding carboxylic acids is 1. The van der Waals surface area contributed by atoms with Gasteiger partial charge in [-0.05, 0) is 30.0 Å². The first-order valence-corrected chi connectivity index (χ1v) is 11.2. The summed E-state index contributed by atoms with van der Waals surface area (Å²) in [5, 5.41) is 15.8. The Labute approximate surface area is 190 Å². The Kier molecular flexibility index (Phi) is 6.18. The number of benzene rings is 1. The Morgan fingerprint density at radius 1 is 1.16 bits per heavy atom. The summed E-state index contributed by atoms with van der Waals surface area (Å²) in [6.45, 7) is 8.80. The van der Waals surface area contributed by atoms with Gasteiger partial charge in [-0.25, -0.2) is 0 Å². The number of aryl methyl sites for hydroxylation is 1. The van der Waals surface area contributed by atoms with Crippen molar-refractivity contribution in [1.82, 2.24) is 19.9 Å². The summed E-state index contributed by atoms with van der Waals surface area (Å²) >= 11 is 1.30. The Morgan fingerprint density at radius 2 is 1.94 bits per heavy atom. The van der Waals surface area contributed by atoms with E-state index in [2.05, 4.69) is 65.7 Å². The maximum atomic E-state index is 12.3. The third-order valence-corrected chi connectivity index (χ3v) is 5.81. The quantitative estimate of drug-likeness (QED) is 0.399. The summed E-state index contributed by atoms with van der Waals surface area (Å²) < 4.78 is 12.5. The fourth-order valence-electron chi connectivity index (χ4n) is 3.16. The van der Waals surface area contributed by atoms with Crippen LogP contribution in [0.15, 0.2) is 62.8 Å². The number of aromatic nitrogens is 4. The van der Waals surface area contributed by atoms with Crippen LogP contribution < -0.4 is 5.32 Å². The average molecular weight is 452 g/mol. The first kappa shape index (κ1) is 21.9. The first-order chi connectivity index (χ1) is 15.3. The normalized spacial score (nSPS) is 11.6. The lowest BCUT2D eigenvalue weighted by Crippen LogP contribution is -2.14. The molecule has 1 aromatic carbocycles. The second kappa shape index (κ2) is 9.04. The van der Waals surface area contributed by atoms with Crippen LogP contribution >= 0.6 is 11.8 Å². The number of hydrogen-bond donors (Lipinski definition) is 1. The van der Waals surface area contributed by atoms with Crippen LogP contribution in [0.3, 0.4) is 0 Å². The van der Waals surface area contributed by atoms with Gasteiger partial charge in [0.25, 0.3) is 0 Å². The van der Waals surface area contributed by atoms with Gasteiger partial charge < -0.3 is 8.94 Å². The van der Waals surface area contributed by atoms with Crippen molar-refractivity contribution >= 4 is 23.6 Å². The van der Waals surface area contributed by atoms with E-state index in [0.717, 1.165) is 17.1 Å². The van der Waals surface area contributed by atoms with Crippen LogP contribution in [0.1, 0.15) is 37.8 Å². The number of hydrogen-bond acceptors (Lipinski definition) is 7. The first-order valence-electron chi connectivity index (χ1n) is 10.2. The SMILES string of the molecule is Cc1cc(NC(=O)CSc2nnc(-c3ccc(C(C)(C)C)cc3)n2Cc2ccco2)on1. The molecule has 3 aromatic heterocycles. The fraction of sp³-hybridized carbons (Fsp3) is 0.304. The van der Waals surface area contributed by atoms with Gasteiger partial charge in [0.05, 0.1) is 24.3 Å². The zero-order valence-corrected chi connectivity index (χ0v) is 19.3. The minimum atomic E-state index is -0.213. The van der Waals surface area contributed by atoms with Crippen molar-refractivity contribution in [3.05, 3.63) is 65.7 Å². The summed E-state index contributed by atoms with van der Waals surface area (Å²) in [4.78, 5) is 12.3. The zero-order valence-electron chi connectivity index (χ0n) is 18.5. The topological polar surface area (TPSA) is 99.0 Å². The predicted molar refractivity (Wildman–Crippen MR) is 123 cm³/mol. The second-order valence-electron chi connectivity index (χ2n) is 8.47. The van der Waals surface area contributed by atoms with Crippen molar-refractivity contribution in [2.75, 3.05) is 11.1 Å². The van der Waals surface area contributed by atoms with Crippen LogP contribution in [0.4, 0.5) is 5.88 Å². The van der Waals surface area contributed by atoms with Gasteiger partial charge in [0.1, 0.15) is 5.76 Å². The highest BCUT2D eigenvalue weighted by Gasteiger charge is 2.19. The maximum Gasteiger partial charge on any atom is 0.237 e. The van der Waals surface area contributed by atoms with Gasteiger partial charge in [0, 0.05) is 11.6 Å². The molecule has 0 unspecified atom stereocenters. The smallest absolute Gasteiger partial charge is 0.237 e. The van der Waals surface area contributed by atoms with E-state index < -0.39 is 0 Å². The highest BCUT2D eigenvalue weighted by atomic mass is 32.2. The molecule has 3 heterocycles. The van der Waals surface area contributed by atoms with Crippen molar-refractivity contribution in [2.24, 2.45) is 0 Å². The predicted octanol–water partition coefficient (Wildman–Crippen LogP) is 4.91. The monoisotopic (exact) mass is 451 g/mol. The molecular weight excluding hydrogens is 426 g/mol.